The molecule has 1 aliphatic rings. The zero-order valence-electron chi connectivity index (χ0n) is 9.90. The lowest BCUT2D eigenvalue weighted by molar-refractivity contribution is -0.890. The Morgan fingerprint density at radius 1 is 1.36 bits per heavy atom. The number of rotatable bonds is 6. The first-order chi connectivity index (χ1) is 6.10. The lowest BCUT2D eigenvalue weighted by Crippen LogP contribution is -3.11. The van der Waals surface area contributed by atoms with E-state index in [2.05, 4.69) is 27.9 Å². The number of unbranched alkanes of at least 4 members (excludes halogenated alkanes) is 2. The van der Waals surface area contributed by atoms with Crippen LogP contribution in [0.15, 0.2) is 0 Å². The molecule has 86 valence electrons. The molecule has 1 rings (SSSR count). The molecule has 2 atom stereocenters. The smallest absolute Gasteiger partial charge is 0.140 e. The van der Waals surface area contributed by atoms with Gasteiger partial charge in [-0.05, 0) is 13.3 Å². The molecule has 2 nitrogen and oxygen atoms in total. The Morgan fingerprint density at radius 2 is 1.93 bits per heavy atom. The molecule has 0 saturated carbocycles. The predicted molar refractivity (Wildman–Crippen MR) is 55.1 cm³/mol. The molecule has 0 aromatic carbocycles. The molecule has 1 N–H and O–H groups in total. The predicted octanol–water partition coefficient (Wildman–Crippen LogP) is -2.13. The largest absolute Gasteiger partial charge is 1.00 e. The van der Waals surface area contributed by atoms with Crippen LogP contribution >= 0.6 is 0 Å². The van der Waals surface area contributed by atoms with Gasteiger partial charge in [-0.3, -0.25) is 0 Å². The van der Waals surface area contributed by atoms with Gasteiger partial charge in [0.25, 0.3) is 0 Å². The quantitative estimate of drug-likeness (QED) is 0.401. The van der Waals surface area contributed by atoms with Crippen molar-refractivity contribution in [3.63, 3.8) is 0 Å². The molecule has 1 heterocycles. The highest BCUT2D eigenvalue weighted by molar-refractivity contribution is 4.94. The second kappa shape index (κ2) is 5.94. The maximum absolute atomic E-state index is 5.53. The summed E-state index contributed by atoms with van der Waals surface area (Å²) in [4.78, 5) is 1.54. The molecule has 0 spiro atoms. The molecule has 0 bridgehead atoms. The van der Waals surface area contributed by atoms with Gasteiger partial charge in [0.15, 0.2) is 0 Å². The summed E-state index contributed by atoms with van der Waals surface area (Å²) in [7, 11) is 4.48. The van der Waals surface area contributed by atoms with Crippen molar-refractivity contribution in [1.29, 1.82) is 0 Å². The number of hydrogen-bond acceptors (Lipinski definition) is 1. The SMILES string of the molecule is CCCCCC([NH+](C)C)C1(C)CO1.[Cl-]. The van der Waals surface area contributed by atoms with E-state index in [9.17, 15) is 0 Å². The minimum absolute atomic E-state index is 0. The molecule has 1 saturated heterocycles. The van der Waals surface area contributed by atoms with E-state index in [0.29, 0.717) is 6.04 Å². The van der Waals surface area contributed by atoms with Crippen molar-refractivity contribution in [1.82, 2.24) is 0 Å². The van der Waals surface area contributed by atoms with Gasteiger partial charge in [0.1, 0.15) is 11.6 Å². The van der Waals surface area contributed by atoms with E-state index >= 15 is 0 Å². The Kier molecular flexibility index (Phi) is 6.03. The molecular weight excluding hydrogens is 198 g/mol. The Labute approximate surface area is 94.4 Å². The lowest BCUT2D eigenvalue weighted by Gasteiger charge is -2.24. The van der Waals surface area contributed by atoms with Gasteiger partial charge in [-0.1, -0.05) is 19.8 Å². The van der Waals surface area contributed by atoms with E-state index in [0.717, 1.165) is 6.61 Å². The normalized spacial score (nSPS) is 27.2. The van der Waals surface area contributed by atoms with E-state index in [-0.39, 0.29) is 18.0 Å². The first kappa shape index (κ1) is 14.2. The van der Waals surface area contributed by atoms with Gasteiger partial charge >= 0.3 is 0 Å². The van der Waals surface area contributed by atoms with Crippen LogP contribution in [0.1, 0.15) is 39.5 Å². The molecule has 1 aliphatic heterocycles. The van der Waals surface area contributed by atoms with Crippen LogP contribution in [0, 0.1) is 0 Å². The average molecular weight is 222 g/mol. The van der Waals surface area contributed by atoms with Crippen LogP contribution in [0.4, 0.5) is 0 Å². The van der Waals surface area contributed by atoms with E-state index in [4.69, 9.17) is 4.74 Å². The fourth-order valence-corrected chi connectivity index (χ4v) is 2.12. The average Bonchev–Trinajstić information content (AvgIpc) is 2.77. The Hall–Kier alpha value is 0.210. The third-order valence-corrected chi connectivity index (χ3v) is 3.13. The standard InChI is InChI=1S/C11H23NO.ClH/c1-5-6-7-8-10(12(3)4)11(2)9-13-11;/h10H,5-9H2,1-4H3;1H. The second-order valence-electron chi connectivity index (χ2n) is 4.73. The molecule has 1 fully saturated rings. The van der Waals surface area contributed by atoms with Crippen LogP contribution in [0.25, 0.3) is 0 Å². The Balaban J connectivity index is 0.00000169. The first-order valence-electron chi connectivity index (χ1n) is 5.54. The van der Waals surface area contributed by atoms with Crippen molar-refractivity contribution in [2.45, 2.75) is 51.2 Å². The summed E-state index contributed by atoms with van der Waals surface area (Å²) >= 11 is 0. The highest BCUT2D eigenvalue weighted by atomic mass is 35.5. The molecule has 14 heavy (non-hydrogen) atoms. The summed E-state index contributed by atoms with van der Waals surface area (Å²) in [6, 6.07) is 0.694. The number of halogens is 1. The number of quaternary nitrogens is 1. The molecule has 0 aliphatic carbocycles. The van der Waals surface area contributed by atoms with Crippen LogP contribution in [0.2, 0.25) is 0 Å². The van der Waals surface area contributed by atoms with Gasteiger partial charge in [0.05, 0.1) is 20.7 Å². The molecule has 0 amide bonds. The van der Waals surface area contributed by atoms with Crippen LogP contribution in [-0.2, 0) is 4.74 Å². The van der Waals surface area contributed by atoms with Crippen molar-refractivity contribution in [3.05, 3.63) is 0 Å². The zero-order chi connectivity index (χ0) is 9.90. The Morgan fingerprint density at radius 3 is 2.29 bits per heavy atom. The van der Waals surface area contributed by atoms with E-state index in [1.807, 2.05) is 0 Å². The van der Waals surface area contributed by atoms with Crippen molar-refractivity contribution < 1.29 is 22.0 Å². The highest BCUT2D eigenvalue weighted by Gasteiger charge is 2.50. The van der Waals surface area contributed by atoms with Crippen LogP contribution in [-0.4, -0.2) is 32.3 Å². The number of likely N-dealkylation sites (N-methyl/N-ethyl adjacent to an activating group) is 1. The fourth-order valence-electron chi connectivity index (χ4n) is 2.12. The Bertz CT molecular complexity index is 157. The molecule has 0 radical (unpaired) electrons. The third-order valence-electron chi connectivity index (χ3n) is 3.13. The number of epoxide rings is 1. The monoisotopic (exact) mass is 221 g/mol. The minimum atomic E-state index is 0. The van der Waals surface area contributed by atoms with Crippen LogP contribution < -0.4 is 17.3 Å². The summed E-state index contributed by atoms with van der Waals surface area (Å²) in [6.07, 6.45) is 5.34. The van der Waals surface area contributed by atoms with Gasteiger partial charge in [0, 0.05) is 6.42 Å². The molecule has 0 aromatic heterocycles. The topological polar surface area (TPSA) is 17.0 Å². The molecule has 3 heteroatoms. The summed E-state index contributed by atoms with van der Waals surface area (Å²) in [6.45, 7) is 5.47. The van der Waals surface area contributed by atoms with Gasteiger partial charge in [-0.2, -0.15) is 0 Å². The maximum Gasteiger partial charge on any atom is 0.140 e. The van der Waals surface area contributed by atoms with Crippen molar-refractivity contribution in [2.24, 2.45) is 0 Å². The summed E-state index contributed by atoms with van der Waals surface area (Å²) in [5.74, 6) is 0. The minimum Gasteiger partial charge on any atom is -1.00 e. The zero-order valence-corrected chi connectivity index (χ0v) is 10.7. The number of hydrogen-bond donors (Lipinski definition) is 1. The van der Waals surface area contributed by atoms with Crippen LogP contribution in [0.3, 0.4) is 0 Å². The summed E-state index contributed by atoms with van der Waals surface area (Å²) < 4.78 is 5.53. The summed E-state index contributed by atoms with van der Waals surface area (Å²) in [5.41, 5.74) is 0.201. The molecule has 2 unspecified atom stereocenters. The van der Waals surface area contributed by atoms with Gasteiger partial charge in [-0.15, -0.1) is 0 Å². The van der Waals surface area contributed by atoms with Crippen molar-refractivity contribution in [3.8, 4) is 0 Å². The maximum atomic E-state index is 5.53. The lowest BCUT2D eigenvalue weighted by atomic mass is 9.96. The van der Waals surface area contributed by atoms with Gasteiger partial charge in [-0.25, -0.2) is 0 Å². The first-order valence-corrected chi connectivity index (χ1v) is 5.54. The molecular formula is C11H24ClNO. The second-order valence-corrected chi connectivity index (χ2v) is 4.73. The van der Waals surface area contributed by atoms with Gasteiger partial charge < -0.3 is 22.0 Å². The third kappa shape index (κ3) is 3.76. The van der Waals surface area contributed by atoms with Crippen molar-refractivity contribution in [2.75, 3.05) is 20.7 Å². The number of nitrogens with one attached hydrogen (secondary N) is 1. The van der Waals surface area contributed by atoms with Crippen LogP contribution in [0.5, 0.6) is 0 Å². The van der Waals surface area contributed by atoms with Gasteiger partial charge in [0.2, 0.25) is 0 Å². The van der Waals surface area contributed by atoms with E-state index in [1.54, 1.807) is 0 Å². The van der Waals surface area contributed by atoms with E-state index < -0.39 is 0 Å². The van der Waals surface area contributed by atoms with E-state index in [1.165, 1.54) is 30.6 Å². The highest BCUT2D eigenvalue weighted by Crippen LogP contribution is 2.30. The van der Waals surface area contributed by atoms with Crippen molar-refractivity contribution >= 4 is 0 Å². The summed E-state index contributed by atoms with van der Waals surface area (Å²) in [5, 5.41) is 0. The fraction of sp³-hybridized carbons (Fsp3) is 1.00. The molecule has 0 aromatic rings. The number of ether oxygens (including phenoxy) is 1.